The number of halogens is 1. The van der Waals surface area contributed by atoms with Crippen LogP contribution in [0.3, 0.4) is 0 Å². The van der Waals surface area contributed by atoms with Crippen LogP contribution in [-0.4, -0.2) is 35.1 Å². The van der Waals surface area contributed by atoms with Crippen LogP contribution >= 0.6 is 11.6 Å². The first kappa shape index (κ1) is 15.3. The van der Waals surface area contributed by atoms with Crippen molar-refractivity contribution >= 4 is 17.3 Å². The first-order valence-corrected chi connectivity index (χ1v) is 6.76. The van der Waals surface area contributed by atoms with Crippen LogP contribution < -0.4 is 10.1 Å². The third kappa shape index (κ3) is 3.93. The summed E-state index contributed by atoms with van der Waals surface area (Å²) in [6.45, 7) is 1.25. The van der Waals surface area contributed by atoms with Crippen LogP contribution in [-0.2, 0) is 0 Å². The number of hydrogen-bond donors (Lipinski definition) is 2. The third-order valence-corrected chi connectivity index (χ3v) is 3.00. The molecule has 7 nitrogen and oxygen atoms in total. The van der Waals surface area contributed by atoms with Gasteiger partial charge in [-0.05, 0) is 26.1 Å². The van der Waals surface area contributed by atoms with E-state index in [1.165, 1.54) is 18.3 Å². The molecule has 0 aliphatic rings. The Labute approximate surface area is 126 Å². The summed E-state index contributed by atoms with van der Waals surface area (Å²) in [7, 11) is 1.85. The van der Waals surface area contributed by atoms with E-state index in [9.17, 15) is 10.1 Å². The smallest absolute Gasteiger partial charge is 0.273 e. The van der Waals surface area contributed by atoms with E-state index in [2.05, 4.69) is 15.3 Å². The molecule has 2 rings (SSSR count). The quantitative estimate of drug-likeness (QED) is 0.466. The largest absolute Gasteiger partial charge is 0.493 e. The number of H-pyrrole nitrogens is 1. The lowest BCUT2D eigenvalue weighted by atomic mass is 10.1. The van der Waals surface area contributed by atoms with Gasteiger partial charge in [-0.15, -0.1) is 0 Å². The predicted octanol–water partition coefficient (Wildman–Crippen LogP) is 2.63. The minimum absolute atomic E-state index is 0.0278. The Kier molecular flexibility index (Phi) is 5.13. The van der Waals surface area contributed by atoms with Gasteiger partial charge in [-0.1, -0.05) is 11.6 Å². The number of aromatic nitrogens is 2. The highest BCUT2D eigenvalue weighted by atomic mass is 35.5. The van der Waals surface area contributed by atoms with Crippen molar-refractivity contribution < 1.29 is 9.66 Å². The second-order valence-electron chi connectivity index (χ2n) is 4.32. The molecule has 112 valence electrons. The molecule has 1 aromatic heterocycles. The van der Waals surface area contributed by atoms with Crippen molar-refractivity contribution in [1.29, 1.82) is 0 Å². The minimum atomic E-state index is -0.459. The van der Waals surface area contributed by atoms with Crippen molar-refractivity contribution in [2.75, 3.05) is 20.2 Å². The van der Waals surface area contributed by atoms with Gasteiger partial charge in [0.15, 0.2) is 0 Å². The summed E-state index contributed by atoms with van der Waals surface area (Å²) in [6.07, 6.45) is 2.26. The van der Waals surface area contributed by atoms with E-state index in [1.54, 1.807) is 6.07 Å². The average molecular weight is 311 g/mol. The van der Waals surface area contributed by atoms with Gasteiger partial charge in [-0.25, -0.2) is 4.98 Å². The van der Waals surface area contributed by atoms with Crippen LogP contribution in [0.2, 0.25) is 5.15 Å². The number of imidazole rings is 1. The molecule has 21 heavy (non-hydrogen) atoms. The Morgan fingerprint density at radius 2 is 2.33 bits per heavy atom. The molecule has 0 amide bonds. The van der Waals surface area contributed by atoms with Crippen molar-refractivity contribution in [3.05, 3.63) is 39.7 Å². The number of nitrogens with one attached hydrogen (secondary N) is 2. The maximum Gasteiger partial charge on any atom is 0.273 e. The molecule has 0 fully saturated rings. The van der Waals surface area contributed by atoms with Crippen molar-refractivity contribution in [2.45, 2.75) is 6.42 Å². The molecule has 0 atom stereocenters. The summed E-state index contributed by atoms with van der Waals surface area (Å²) >= 11 is 5.81. The number of rotatable bonds is 7. The van der Waals surface area contributed by atoms with Gasteiger partial charge in [0, 0.05) is 6.07 Å². The van der Waals surface area contributed by atoms with E-state index in [-0.39, 0.29) is 5.69 Å². The maximum atomic E-state index is 10.9. The summed E-state index contributed by atoms with van der Waals surface area (Å²) in [5.74, 6) is 0.921. The first-order chi connectivity index (χ1) is 10.1. The van der Waals surface area contributed by atoms with Crippen LogP contribution in [0.5, 0.6) is 5.75 Å². The van der Waals surface area contributed by atoms with Crippen LogP contribution in [0.4, 0.5) is 5.69 Å². The Bertz CT molecular complexity index is 630. The zero-order chi connectivity index (χ0) is 15.2. The lowest BCUT2D eigenvalue weighted by Gasteiger charge is -2.10. The highest BCUT2D eigenvalue weighted by Crippen LogP contribution is 2.32. The van der Waals surface area contributed by atoms with E-state index in [1.807, 2.05) is 7.05 Å². The van der Waals surface area contributed by atoms with Gasteiger partial charge in [0.2, 0.25) is 0 Å². The van der Waals surface area contributed by atoms with E-state index in [4.69, 9.17) is 16.3 Å². The second kappa shape index (κ2) is 7.05. The molecule has 0 aliphatic carbocycles. The Morgan fingerprint density at radius 3 is 2.95 bits per heavy atom. The molecule has 8 heteroatoms. The van der Waals surface area contributed by atoms with Crippen molar-refractivity contribution in [2.24, 2.45) is 0 Å². The van der Waals surface area contributed by atoms with Crippen LogP contribution in [0.1, 0.15) is 6.42 Å². The normalized spacial score (nSPS) is 10.6. The van der Waals surface area contributed by atoms with E-state index in [0.717, 1.165) is 13.0 Å². The van der Waals surface area contributed by atoms with Crippen molar-refractivity contribution in [3.63, 3.8) is 0 Å². The lowest BCUT2D eigenvalue weighted by Crippen LogP contribution is -2.11. The van der Waals surface area contributed by atoms with Gasteiger partial charge >= 0.3 is 0 Å². The van der Waals surface area contributed by atoms with Crippen LogP contribution in [0.25, 0.3) is 11.4 Å². The molecule has 1 heterocycles. The SMILES string of the molecule is CNCCCOc1cc([N+](=O)[O-])ccc1-c1ncc(Cl)[nH]1. The molecule has 1 aromatic carbocycles. The summed E-state index contributed by atoms with van der Waals surface area (Å²) in [5.41, 5.74) is 0.608. The molecule has 0 spiro atoms. The molecule has 0 saturated carbocycles. The zero-order valence-electron chi connectivity index (χ0n) is 11.4. The van der Waals surface area contributed by atoms with Gasteiger partial charge in [0.25, 0.3) is 5.69 Å². The molecule has 0 unspecified atom stereocenters. The van der Waals surface area contributed by atoms with Gasteiger partial charge in [-0.2, -0.15) is 0 Å². The zero-order valence-corrected chi connectivity index (χ0v) is 12.2. The minimum Gasteiger partial charge on any atom is -0.493 e. The predicted molar refractivity (Wildman–Crippen MR) is 79.7 cm³/mol. The van der Waals surface area contributed by atoms with E-state index >= 15 is 0 Å². The number of aromatic amines is 1. The Balaban J connectivity index is 2.27. The average Bonchev–Trinajstić information content (AvgIpc) is 2.89. The van der Waals surface area contributed by atoms with Crippen LogP contribution in [0, 0.1) is 10.1 Å². The first-order valence-electron chi connectivity index (χ1n) is 6.38. The number of non-ortho nitro benzene ring substituents is 1. The molecule has 2 N–H and O–H groups in total. The number of ether oxygens (including phenoxy) is 1. The number of nitrogens with zero attached hydrogens (tertiary/aromatic N) is 2. The highest BCUT2D eigenvalue weighted by Gasteiger charge is 2.15. The summed E-state index contributed by atoms with van der Waals surface area (Å²) in [6, 6.07) is 4.40. The molecular formula is C13H15ClN4O3. The molecule has 2 aromatic rings. The van der Waals surface area contributed by atoms with Crippen molar-refractivity contribution in [1.82, 2.24) is 15.3 Å². The van der Waals surface area contributed by atoms with Gasteiger partial charge in [-0.3, -0.25) is 10.1 Å². The molecule has 0 saturated heterocycles. The fourth-order valence-electron chi connectivity index (χ4n) is 1.81. The maximum absolute atomic E-state index is 10.9. The number of nitro groups is 1. The number of nitro benzene ring substituents is 1. The van der Waals surface area contributed by atoms with Gasteiger partial charge < -0.3 is 15.0 Å². The Hall–Kier alpha value is -2.12. The Morgan fingerprint density at radius 1 is 1.52 bits per heavy atom. The van der Waals surface area contributed by atoms with E-state index < -0.39 is 4.92 Å². The van der Waals surface area contributed by atoms with Crippen LogP contribution in [0.15, 0.2) is 24.4 Å². The topological polar surface area (TPSA) is 93.1 Å². The molecular weight excluding hydrogens is 296 g/mol. The van der Waals surface area contributed by atoms with E-state index in [0.29, 0.717) is 28.9 Å². The fraction of sp³-hybridized carbons (Fsp3) is 0.308. The number of benzene rings is 1. The summed E-state index contributed by atoms with van der Waals surface area (Å²) < 4.78 is 5.65. The van der Waals surface area contributed by atoms with Gasteiger partial charge in [0.05, 0.1) is 29.4 Å². The van der Waals surface area contributed by atoms with Gasteiger partial charge in [0.1, 0.15) is 16.7 Å². The third-order valence-electron chi connectivity index (χ3n) is 2.80. The highest BCUT2D eigenvalue weighted by molar-refractivity contribution is 6.29. The second-order valence-corrected chi connectivity index (χ2v) is 4.73. The summed E-state index contributed by atoms with van der Waals surface area (Å²) in [4.78, 5) is 17.4. The van der Waals surface area contributed by atoms with Crippen molar-refractivity contribution in [3.8, 4) is 17.1 Å². The monoisotopic (exact) mass is 310 g/mol. The standard InChI is InChI=1S/C13H15ClN4O3/c1-15-5-2-6-21-11-7-9(18(19)20)3-4-10(11)13-16-8-12(14)17-13/h3-4,7-8,15H,2,5-6H2,1H3,(H,16,17). The molecule has 0 aliphatic heterocycles. The molecule has 0 bridgehead atoms. The fourth-order valence-corrected chi connectivity index (χ4v) is 1.94. The molecule has 0 radical (unpaired) electrons. The number of hydrogen-bond acceptors (Lipinski definition) is 5. The lowest BCUT2D eigenvalue weighted by molar-refractivity contribution is -0.384. The summed E-state index contributed by atoms with van der Waals surface area (Å²) in [5, 5.41) is 14.3.